The van der Waals surface area contributed by atoms with Gasteiger partial charge in [-0.3, -0.25) is 4.98 Å². The van der Waals surface area contributed by atoms with E-state index in [1.165, 1.54) is 0 Å². The third-order valence-corrected chi connectivity index (χ3v) is 3.17. The maximum absolute atomic E-state index is 9.61. The number of methoxy groups -OCH3 is 1. The van der Waals surface area contributed by atoms with Crippen molar-refractivity contribution in [2.24, 2.45) is 0 Å². The predicted molar refractivity (Wildman–Crippen MR) is 63.9 cm³/mol. The zero-order chi connectivity index (χ0) is 12.3. The van der Waals surface area contributed by atoms with Crippen LogP contribution >= 0.6 is 0 Å². The van der Waals surface area contributed by atoms with Gasteiger partial charge in [0.25, 0.3) is 0 Å². The van der Waals surface area contributed by atoms with E-state index in [0.29, 0.717) is 18.2 Å². The molecule has 0 aliphatic heterocycles. The molecule has 1 heterocycles. The second kappa shape index (κ2) is 5.47. The van der Waals surface area contributed by atoms with Crippen molar-refractivity contribution >= 4 is 0 Å². The molecule has 1 atom stereocenters. The minimum absolute atomic E-state index is 0.240. The summed E-state index contributed by atoms with van der Waals surface area (Å²) in [4.78, 5) is 4.19. The summed E-state index contributed by atoms with van der Waals surface area (Å²) in [5, 5.41) is 9.61. The molecule has 4 nitrogen and oxygen atoms in total. The van der Waals surface area contributed by atoms with E-state index < -0.39 is 6.10 Å². The van der Waals surface area contributed by atoms with Crippen molar-refractivity contribution in [3.8, 4) is 5.75 Å². The summed E-state index contributed by atoms with van der Waals surface area (Å²) >= 11 is 0. The normalized spacial score (nSPS) is 25.1. The van der Waals surface area contributed by atoms with Crippen molar-refractivity contribution in [3.05, 3.63) is 24.0 Å². The van der Waals surface area contributed by atoms with Crippen molar-refractivity contribution in [2.75, 3.05) is 7.11 Å². The molecule has 0 bridgehead atoms. The lowest BCUT2D eigenvalue weighted by atomic mass is 9.92. The van der Waals surface area contributed by atoms with Crippen LogP contribution in [-0.2, 0) is 4.74 Å². The predicted octanol–water partition coefficient (Wildman–Crippen LogP) is 2.08. The Hall–Kier alpha value is -1.13. The van der Waals surface area contributed by atoms with Gasteiger partial charge >= 0.3 is 0 Å². The van der Waals surface area contributed by atoms with Gasteiger partial charge in [-0.1, -0.05) is 6.92 Å². The van der Waals surface area contributed by atoms with E-state index in [9.17, 15) is 5.11 Å². The molecule has 1 aliphatic carbocycles. The first-order chi connectivity index (χ1) is 8.22. The molecule has 0 aromatic carbocycles. The highest BCUT2D eigenvalue weighted by molar-refractivity contribution is 5.21. The van der Waals surface area contributed by atoms with Gasteiger partial charge in [-0.05, 0) is 18.6 Å². The van der Waals surface area contributed by atoms with Crippen molar-refractivity contribution in [1.82, 2.24) is 4.98 Å². The Kier molecular flexibility index (Phi) is 3.97. The fourth-order valence-electron chi connectivity index (χ4n) is 1.87. The van der Waals surface area contributed by atoms with E-state index in [-0.39, 0.29) is 6.10 Å². The molecule has 1 aliphatic rings. The maximum atomic E-state index is 9.61. The van der Waals surface area contributed by atoms with Gasteiger partial charge in [0, 0.05) is 20.0 Å². The number of aliphatic hydroxyl groups excluding tert-OH is 1. The van der Waals surface area contributed by atoms with Gasteiger partial charge in [-0.15, -0.1) is 0 Å². The number of rotatable bonds is 5. The van der Waals surface area contributed by atoms with Crippen molar-refractivity contribution in [2.45, 2.75) is 44.5 Å². The van der Waals surface area contributed by atoms with Crippen LogP contribution < -0.4 is 4.74 Å². The van der Waals surface area contributed by atoms with Crippen LogP contribution in [0.5, 0.6) is 5.75 Å². The third kappa shape index (κ3) is 2.96. The van der Waals surface area contributed by atoms with Gasteiger partial charge in [0.15, 0.2) is 0 Å². The average Bonchev–Trinajstić information content (AvgIpc) is 2.33. The van der Waals surface area contributed by atoms with Gasteiger partial charge in [-0.25, -0.2) is 0 Å². The van der Waals surface area contributed by atoms with E-state index >= 15 is 0 Å². The molecule has 0 unspecified atom stereocenters. The van der Waals surface area contributed by atoms with Crippen molar-refractivity contribution in [1.29, 1.82) is 0 Å². The Labute approximate surface area is 102 Å². The monoisotopic (exact) mass is 237 g/mol. The lowest BCUT2D eigenvalue weighted by Gasteiger charge is -2.34. The quantitative estimate of drug-likeness (QED) is 0.852. The molecule has 2 rings (SSSR count). The Bertz CT molecular complexity index is 346. The van der Waals surface area contributed by atoms with Gasteiger partial charge in [0.05, 0.1) is 24.1 Å². The number of hydrogen-bond acceptors (Lipinski definition) is 4. The average molecular weight is 237 g/mol. The Morgan fingerprint density at radius 3 is 2.71 bits per heavy atom. The first-order valence-corrected chi connectivity index (χ1v) is 6.06. The van der Waals surface area contributed by atoms with Gasteiger partial charge in [0.1, 0.15) is 11.9 Å². The Morgan fingerprint density at radius 1 is 1.41 bits per heavy atom. The van der Waals surface area contributed by atoms with Crippen LogP contribution in [0, 0.1) is 0 Å². The molecule has 1 fully saturated rings. The molecule has 1 N–H and O–H groups in total. The standard InChI is InChI=1S/C13H19NO3/c1-3-13(15)12-5-4-9(8-14-12)17-11-6-10(7-11)16-2/h4-5,8,10-11,13,15H,3,6-7H2,1-2H3/t10?,11?,13-/m0/s1. The maximum Gasteiger partial charge on any atom is 0.138 e. The van der Waals surface area contributed by atoms with E-state index in [1.807, 2.05) is 19.1 Å². The number of hydrogen-bond donors (Lipinski definition) is 1. The topological polar surface area (TPSA) is 51.6 Å². The summed E-state index contributed by atoms with van der Waals surface area (Å²) in [5.41, 5.74) is 0.697. The van der Waals surface area contributed by atoms with Crippen molar-refractivity contribution in [3.63, 3.8) is 0 Å². The van der Waals surface area contributed by atoms with E-state index in [4.69, 9.17) is 9.47 Å². The summed E-state index contributed by atoms with van der Waals surface area (Å²) < 4.78 is 10.9. The lowest BCUT2D eigenvalue weighted by molar-refractivity contribution is -0.0382. The summed E-state index contributed by atoms with van der Waals surface area (Å²) in [6.45, 7) is 1.93. The molecule has 0 spiro atoms. The van der Waals surface area contributed by atoms with Crippen molar-refractivity contribution < 1.29 is 14.6 Å². The van der Waals surface area contributed by atoms with E-state index in [2.05, 4.69) is 4.98 Å². The van der Waals surface area contributed by atoms with Crippen LogP contribution in [-0.4, -0.2) is 29.4 Å². The minimum Gasteiger partial charge on any atom is -0.489 e. The van der Waals surface area contributed by atoms with E-state index in [1.54, 1.807) is 13.3 Å². The zero-order valence-electron chi connectivity index (χ0n) is 10.3. The number of pyridine rings is 1. The van der Waals surface area contributed by atoms with Crippen LogP contribution in [0.2, 0.25) is 0 Å². The highest BCUT2D eigenvalue weighted by atomic mass is 16.5. The number of aromatic nitrogens is 1. The third-order valence-electron chi connectivity index (χ3n) is 3.17. The first-order valence-electron chi connectivity index (χ1n) is 6.06. The minimum atomic E-state index is -0.481. The summed E-state index contributed by atoms with van der Waals surface area (Å²) in [5.74, 6) is 0.761. The van der Waals surface area contributed by atoms with Crippen LogP contribution in [0.3, 0.4) is 0 Å². The zero-order valence-corrected chi connectivity index (χ0v) is 10.3. The molecule has 94 valence electrons. The molecule has 0 radical (unpaired) electrons. The Morgan fingerprint density at radius 2 is 2.18 bits per heavy atom. The molecule has 17 heavy (non-hydrogen) atoms. The molecule has 1 aromatic rings. The van der Waals surface area contributed by atoms with Crippen LogP contribution in [0.25, 0.3) is 0 Å². The number of nitrogens with zero attached hydrogens (tertiary/aromatic N) is 1. The van der Waals surface area contributed by atoms with E-state index in [0.717, 1.165) is 18.6 Å². The van der Waals surface area contributed by atoms with Gasteiger partial charge in [0.2, 0.25) is 0 Å². The SMILES string of the molecule is CC[C@H](O)c1ccc(OC2CC(OC)C2)cn1. The van der Waals surface area contributed by atoms with Crippen LogP contribution in [0.15, 0.2) is 18.3 Å². The highest BCUT2D eigenvalue weighted by Crippen LogP contribution is 2.27. The van der Waals surface area contributed by atoms with Gasteiger partial charge < -0.3 is 14.6 Å². The fraction of sp³-hybridized carbons (Fsp3) is 0.615. The summed E-state index contributed by atoms with van der Waals surface area (Å²) in [6.07, 6.45) is 4.33. The number of ether oxygens (including phenoxy) is 2. The highest BCUT2D eigenvalue weighted by Gasteiger charge is 2.30. The molecule has 1 aromatic heterocycles. The Balaban J connectivity index is 1.86. The summed E-state index contributed by atoms with van der Waals surface area (Å²) in [7, 11) is 1.73. The lowest BCUT2D eigenvalue weighted by Crippen LogP contribution is -2.38. The first kappa shape index (κ1) is 12.3. The number of aliphatic hydroxyl groups is 1. The fourth-order valence-corrected chi connectivity index (χ4v) is 1.87. The molecule has 0 saturated heterocycles. The largest absolute Gasteiger partial charge is 0.489 e. The molecular formula is C13H19NO3. The molecule has 4 heteroatoms. The second-order valence-electron chi connectivity index (χ2n) is 4.41. The molecule has 0 amide bonds. The van der Waals surface area contributed by atoms with Gasteiger partial charge in [-0.2, -0.15) is 0 Å². The van der Waals surface area contributed by atoms with Crippen LogP contribution in [0.4, 0.5) is 0 Å². The second-order valence-corrected chi connectivity index (χ2v) is 4.41. The van der Waals surface area contributed by atoms with Crippen LogP contribution in [0.1, 0.15) is 38.0 Å². The smallest absolute Gasteiger partial charge is 0.138 e. The molecular weight excluding hydrogens is 218 g/mol. The summed E-state index contributed by atoms with van der Waals surface area (Å²) in [6, 6.07) is 3.68. The molecule has 1 saturated carbocycles.